The largest absolute Gasteiger partial charge is 0.456 e. The van der Waals surface area contributed by atoms with Crippen molar-refractivity contribution in [2.24, 2.45) is 0 Å². The maximum atomic E-state index is 6.72. The molecule has 4 heterocycles. The van der Waals surface area contributed by atoms with Crippen LogP contribution >= 0.6 is 11.3 Å². The third-order valence-electron chi connectivity index (χ3n) is 12.3. The molecule has 0 saturated heterocycles. The van der Waals surface area contributed by atoms with Gasteiger partial charge in [0.1, 0.15) is 11.2 Å². The molecule has 0 saturated carbocycles. The molecule has 0 unspecified atom stereocenters. The van der Waals surface area contributed by atoms with Crippen LogP contribution in [-0.4, -0.2) is 19.5 Å². The highest BCUT2D eigenvalue weighted by molar-refractivity contribution is 7.26. The third-order valence-corrected chi connectivity index (χ3v) is 13.4. The molecule has 0 fully saturated rings. The molecule has 0 bridgehead atoms. The molecule has 13 aromatic rings. The molecule has 13 rings (SSSR count). The topological polar surface area (TPSA) is 56.7 Å². The highest BCUT2D eigenvalue weighted by atomic mass is 32.1. The Balaban J connectivity index is 1.01. The van der Waals surface area contributed by atoms with Crippen LogP contribution in [-0.2, 0) is 0 Å². The first-order valence-corrected chi connectivity index (χ1v) is 21.9. The van der Waals surface area contributed by atoms with Gasteiger partial charge >= 0.3 is 0 Å². The molecule has 4 aromatic heterocycles. The number of thiophene rings is 1. The highest BCUT2D eigenvalue weighted by Crippen LogP contribution is 2.43. The Hall–Kier alpha value is -8.19. The van der Waals surface area contributed by atoms with Crippen molar-refractivity contribution in [1.82, 2.24) is 19.5 Å². The fourth-order valence-corrected chi connectivity index (χ4v) is 10.5. The van der Waals surface area contributed by atoms with E-state index in [0.29, 0.717) is 17.5 Å². The molecule has 63 heavy (non-hydrogen) atoms. The van der Waals surface area contributed by atoms with E-state index in [0.717, 1.165) is 66.5 Å². The second-order valence-electron chi connectivity index (χ2n) is 15.9. The zero-order valence-electron chi connectivity index (χ0n) is 33.7. The van der Waals surface area contributed by atoms with Gasteiger partial charge in [0.25, 0.3) is 0 Å². The molecule has 6 heteroatoms. The van der Waals surface area contributed by atoms with Gasteiger partial charge in [-0.2, -0.15) is 0 Å². The lowest BCUT2D eigenvalue weighted by molar-refractivity contribution is 0.668. The van der Waals surface area contributed by atoms with Crippen LogP contribution in [0.25, 0.3) is 126 Å². The van der Waals surface area contributed by atoms with E-state index in [2.05, 4.69) is 193 Å². The van der Waals surface area contributed by atoms with Crippen LogP contribution in [0.2, 0.25) is 0 Å². The van der Waals surface area contributed by atoms with Gasteiger partial charge in [-0.3, -0.25) is 0 Å². The molecule has 0 atom stereocenters. The van der Waals surface area contributed by atoms with Gasteiger partial charge in [0, 0.05) is 70.2 Å². The summed E-state index contributed by atoms with van der Waals surface area (Å²) in [7, 11) is 0. The predicted octanol–water partition coefficient (Wildman–Crippen LogP) is 15.6. The SMILES string of the molecule is c1ccc(-c2cccc(-c3nc(-c4ccc5sc6cccc(-c7ccccc7)c6c5c4)nc(-c4cccc5oc6cc(-n7c8ccccc8c8ccccc87)ccc6c45)n3)c2)cc1. The number of fused-ring (bicyclic) bond motifs is 9. The first-order chi connectivity index (χ1) is 31.2. The molecular formula is C57H34N4OS. The normalized spacial score (nSPS) is 11.8. The minimum atomic E-state index is 0.583. The fourth-order valence-electron chi connectivity index (χ4n) is 9.39. The maximum absolute atomic E-state index is 6.72. The summed E-state index contributed by atoms with van der Waals surface area (Å²) in [5, 5.41) is 6.83. The van der Waals surface area contributed by atoms with Crippen LogP contribution in [0.15, 0.2) is 211 Å². The van der Waals surface area contributed by atoms with E-state index in [-0.39, 0.29) is 0 Å². The molecule has 0 aliphatic rings. The standard InChI is InChI=1S/C57H34N4OS/c1-3-14-35(15-4-1)37-18-11-19-38(32-37)55-58-56(39-28-31-51-46(33-39)54-41(22-13-27-52(54)63-51)36-16-5-2-6-17-36)60-57(59-55)45-23-12-26-49-53(45)44-30-29-40(34-50(44)62-49)61-47-24-9-7-20-42(47)43-21-8-10-25-48(43)61/h1-34H. The molecule has 0 radical (unpaired) electrons. The van der Waals surface area contributed by atoms with E-state index in [1.807, 2.05) is 29.5 Å². The molecule has 9 aromatic carbocycles. The van der Waals surface area contributed by atoms with Crippen LogP contribution in [0.3, 0.4) is 0 Å². The van der Waals surface area contributed by atoms with Crippen molar-refractivity contribution < 1.29 is 4.42 Å². The summed E-state index contributed by atoms with van der Waals surface area (Å²) >= 11 is 1.81. The number of rotatable bonds is 6. The van der Waals surface area contributed by atoms with Crippen LogP contribution < -0.4 is 0 Å². The van der Waals surface area contributed by atoms with E-state index in [4.69, 9.17) is 19.4 Å². The Bertz CT molecular complexity index is 3870. The van der Waals surface area contributed by atoms with Crippen molar-refractivity contribution in [3.63, 3.8) is 0 Å². The van der Waals surface area contributed by atoms with E-state index in [9.17, 15) is 0 Å². The number of nitrogens with zero attached hydrogens (tertiary/aromatic N) is 4. The molecule has 5 nitrogen and oxygen atoms in total. The number of aromatic nitrogens is 4. The molecule has 0 aliphatic heterocycles. The zero-order chi connectivity index (χ0) is 41.4. The van der Waals surface area contributed by atoms with Gasteiger partial charge in [-0.15, -0.1) is 11.3 Å². The van der Waals surface area contributed by atoms with Crippen LogP contribution in [0.1, 0.15) is 0 Å². The summed E-state index contributed by atoms with van der Waals surface area (Å²) < 4.78 is 11.5. The molecule has 0 N–H and O–H groups in total. The highest BCUT2D eigenvalue weighted by Gasteiger charge is 2.21. The number of para-hydroxylation sites is 2. The van der Waals surface area contributed by atoms with Crippen molar-refractivity contribution in [3.05, 3.63) is 206 Å². The zero-order valence-corrected chi connectivity index (χ0v) is 34.6. The predicted molar refractivity (Wildman–Crippen MR) is 262 cm³/mol. The smallest absolute Gasteiger partial charge is 0.164 e. The van der Waals surface area contributed by atoms with Crippen LogP contribution in [0.4, 0.5) is 0 Å². The lowest BCUT2D eigenvalue weighted by atomic mass is 9.99. The second kappa shape index (κ2) is 14.2. The lowest BCUT2D eigenvalue weighted by Crippen LogP contribution is -2.00. The maximum Gasteiger partial charge on any atom is 0.164 e. The average Bonchev–Trinajstić information content (AvgIpc) is 4.03. The van der Waals surface area contributed by atoms with Gasteiger partial charge in [0.2, 0.25) is 0 Å². The van der Waals surface area contributed by atoms with E-state index >= 15 is 0 Å². The summed E-state index contributed by atoms with van der Waals surface area (Å²) in [6.07, 6.45) is 0. The Labute approximate surface area is 365 Å². The summed E-state index contributed by atoms with van der Waals surface area (Å²) in [6, 6.07) is 72.6. The van der Waals surface area contributed by atoms with E-state index < -0.39 is 0 Å². The van der Waals surface area contributed by atoms with Crippen molar-refractivity contribution in [2.45, 2.75) is 0 Å². The summed E-state index contributed by atoms with van der Waals surface area (Å²) in [6.45, 7) is 0. The average molecular weight is 823 g/mol. The van der Waals surface area contributed by atoms with E-state index in [1.165, 1.54) is 42.1 Å². The van der Waals surface area contributed by atoms with Gasteiger partial charge in [0.15, 0.2) is 17.5 Å². The first-order valence-electron chi connectivity index (χ1n) is 21.1. The number of benzene rings is 9. The minimum absolute atomic E-state index is 0.583. The van der Waals surface area contributed by atoms with Gasteiger partial charge in [-0.05, 0) is 82.9 Å². The molecule has 294 valence electrons. The van der Waals surface area contributed by atoms with Gasteiger partial charge in [-0.25, -0.2) is 15.0 Å². The van der Waals surface area contributed by atoms with Crippen molar-refractivity contribution in [3.8, 4) is 62.1 Å². The van der Waals surface area contributed by atoms with Gasteiger partial charge in [0.05, 0.1) is 11.0 Å². The second-order valence-corrected chi connectivity index (χ2v) is 17.0. The number of hydrogen-bond donors (Lipinski definition) is 0. The number of furan rings is 1. The molecule has 0 spiro atoms. The minimum Gasteiger partial charge on any atom is -0.456 e. The first kappa shape index (κ1) is 35.6. The van der Waals surface area contributed by atoms with Gasteiger partial charge in [-0.1, -0.05) is 140 Å². The van der Waals surface area contributed by atoms with Crippen LogP contribution in [0, 0.1) is 0 Å². The lowest BCUT2D eigenvalue weighted by Gasteiger charge is -2.11. The summed E-state index contributed by atoms with van der Waals surface area (Å²) in [5.74, 6) is 1.80. The summed E-state index contributed by atoms with van der Waals surface area (Å²) in [5.41, 5.74) is 12.3. The fraction of sp³-hybridized carbons (Fsp3) is 0. The molecular weight excluding hydrogens is 789 g/mol. The monoisotopic (exact) mass is 822 g/mol. The third kappa shape index (κ3) is 5.80. The Kier molecular flexibility index (Phi) is 8.01. The Morgan fingerprint density at radius 3 is 1.75 bits per heavy atom. The van der Waals surface area contributed by atoms with Crippen molar-refractivity contribution in [2.75, 3.05) is 0 Å². The Morgan fingerprint density at radius 2 is 0.968 bits per heavy atom. The molecule has 0 amide bonds. The quantitative estimate of drug-likeness (QED) is 0.168. The molecule has 0 aliphatic carbocycles. The Morgan fingerprint density at radius 1 is 0.349 bits per heavy atom. The van der Waals surface area contributed by atoms with Crippen molar-refractivity contribution in [1.29, 1.82) is 0 Å². The van der Waals surface area contributed by atoms with Crippen LogP contribution in [0.5, 0.6) is 0 Å². The van der Waals surface area contributed by atoms with E-state index in [1.54, 1.807) is 0 Å². The van der Waals surface area contributed by atoms with Gasteiger partial charge < -0.3 is 8.98 Å². The number of hydrogen-bond acceptors (Lipinski definition) is 5. The summed E-state index contributed by atoms with van der Waals surface area (Å²) in [4.78, 5) is 15.9. The van der Waals surface area contributed by atoms with Crippen molar-refractivity contribution >= 4 is 75.3 Å².